The Bertz CT molecular complexity index is 592. The zero-order valence-corrected chi connectivity index (χ0v) is 15.5. The molecular formula is C19H29F3N2O. The number of carbonyl (C=O) groups is 1. The number of rotatable bonds is 5. The fourth-order valence-electron chi connectivity index (χ4n) is 4.17. The molecule has 6 heteroatoms. The van der Waals surface area contributed by atoms with Crippen molar-refractivity contribution < 1.29 is 18.0 Å². The third kappa shape index (κ3) is 5.02. The Hall–Kier alpha value is -1.46. The molecule has 3 unspecified atom stereocenters. The largest absolute Gasteiger partial charge is 0.418 e. The maximum absolute atomic E-state index is 13.2. The van der Waals surface area contributed by atoms with E-state index in [2.05, 4.69) is 26.1 Å². The molecule has 25 heavy (non-hydrogen) atoms. The van der Waals surface area contributed by atoms with Gasteiger partial charge in [0.25, 0.3) is 5.91 Å². The SMILES string of the molecule is CC(C)CC(C)C1CCCCC1NC(=O)c1cn(C)cc1C(F)(F)F. The van der Waals surface area contributed by atoms with E-state index in [1.807, 2.05) is 0 Å². The average Bonchev–Trinajstić information content (AvgIpc) is 2.89. The highest BCUT2D eigenvalue weighted by Gasteiger charge is 2.38. The van der Waals surface area contributed by atoms with Crippen LogP contribution >= 0.6 is 0 Å². The Morgan fingerprint density at radius 1 is 1.24 bits per heavy atom. The zero-order chi connectivity index (χ0) is 18.8. The van der Waals surface area contributed by atoms with Crippen LogP contribution in [0.3, 0.4) is 0 Å². The summed E-state index contributed by atoms with van der Waals surface area (Å²) >= 11 is 0. The van der Waals surface area contributed by atoms with Gasteiger partial charge in [0.2, 0.25) is 0 Å². The normalized spacial score (nSPS) is 22.9. The van der Waals surface area contributed by atoms with Crippen LogP contribution in [-0.2, 0) is 13.2 Å². The van der Waals surface area contributed by atoms with Gasteiger partial charge in [0, 0.05) is 25.5 Å². The van der Waals surface area contributed by atoms with Gasteiger partial charge in [-0.15, -0.1) is 0 Å². The first kappa shape index (κ1) is 19.9. The standard InChI is InChI=1S/C19H29F3N2O/c1-12(2)9-13(3)14-7-5-6-8-17(14)23-18(25)15-10-24(4)11-16(15)19(20,21)22/h10-14,17H,5-9H2,1-4H3,(H,23,25). The molecule has 1 aliphatic carbocycles. The van der Waals surface area contributed by atoms with Gasteiger partial charge >= 0.3 is 6.18 Å². The fourth-order valence-corrected chi connectivity index (χ4v) is 4.17. The third-order valence-corrected chi connectivity index (χ3v) is 5.22. The highest BCUT2D eigenvalue weighted by Crippen LogP contribution is 2.35. The van der Waals surface area contributed by atoms with E-state index in [9.17, 15) is 18.0 Å². The van der Waals surface area contributed by atoms with Gasteiger partial charge in [-0.3, -0.25) is 4.79 Å². The summed E-state index contributed by atoms with van der Waals surface area (Å²) in [6, 6.07) is -0.0451. The maximum atomic E-state index is 13.2. The lowest BCUT2D eigenvalue weighted by Crippen LogP contribution is -2.44. The lowest BCUT2D eigenvalue weighted by atomic mass is 9.74. The molecule has 1 aliphatic rings. The topological polar surface area (TPSA) is 34.0 Å². The second-order valence-corrected chi connectivity index (χ2v) is 7.88. The van der Waals surface area contributed by atoms with Crippen LogP contribution in [0.2, 0.25) is 0 Å². The number of hydrogen-bond donors (Lipinski definition) is 1. The number of nitrogens with one attached hydrogen (secondary N) is 1. The van der Waals surface area contributed by atoms with Crippen molar-refractivity contribution in [3.63, 3.8) is 0 Å². The smallest absolute Gasteiger partial charge is 0.356 e. The summed E-state index contributed by atoms with van der Waals surface area (Å²) in [5.41, 5.74) is -1.15. The first-order valence-electron chi connectivity index (χ1n) is 9.13. The Kier molecular flexibility index (Phi) is 6.22. The second kappa shape index (κ2) is 7.83. The van der Waals surface area contributed by atoms with Crippen molar-refractivity contribution in [3.8, 4) is 0 Å². The molecule has 3 atom stereocenters. The van der Waals surface area contributed by atoms with Crippen LogP contribution in [0.15, 0.2) is 12.4 Å². The molecule has 1 saturated carbocycles. The Labute approximate surface area is 148 Å². The molecule has 0 saturated heterocycles. The lowest BCUT2D eigenvalue weighted by molar-refractivity contribution is -0.137. The van der Waals surface area contributed by atoms with Crippen LogP contribution in [0, 0.1) is 17.8 Å². The summed E-state index contributed by atoms with van der Waals surface area (Å²) in [5.74, 6) is 0.738. The Morgan fingerprint density at radius 3 is 2.48 bits per heavy atom. The third-order valence-electron chi connectivity index (χ3n) is 5.22. The number of amides is 1. The van der Waals surface area contributed by atoms with Gasteiger partial charge in [0.15, 0.2) is 0 Å². The Balaban J connectivity index is 2.15. The van der Waals surface area contributed by atoms with Gasteiger partial charge in [-0.05, 0) is 37.0 Å². The van der Waals surface area contributed by atoms with Crippen LogP contribution in [0.25, 0.3) is 0 Å². The molecule has 0 bridgehead atoms. The maximum Gasteiger partial charge on any atom is 0.418 e. The van der Waals surface area contributed by atoms with Crippen molar-refractivity contribution in [2.45, 2.75) is 65.1 Å². The van der Waals surface area contributed by atoms with E-state index in [1.165, 1.54) is 17.8 Å². The van der Waals surface area contributed by atoms with Crippen molar-refractivity contribution in [2.24, 2.45) is 24.8 Å². The first-order chi connectivity index (χ1) is 11.6. The average molecular weight is 358 g/mol. The van der Waals surface area contributed by atoms with E-state index in [1.54, 1.807) is 0 Å². The van der Waals surface area contributed by atoms with Crippen LogP contribution in [0.5, 0.6) is 0 Å². The zero-order valence-electron chi connectivity index (χ0n) is 15.5. The molecule has 1 aromatic rings. The minimum Gasteiger partial charge on any atom is -0.356 e. The summed E-state index contributed by atoms with van der Waals surface area (Å²) in [5, 5.41) is 2.91. The predicted octanol–water partition coefficient (Wildman–Crippen LogP) is 5.01. The molecule has 2 rings (SSSR count). The molecular weight excluding hydrogens is 329 g/mol. The van der Waals surface area contributed by atoms with Crippen LogP contribution < -0.4 is 5.32 Å². The minimum absolute atomic E-state index is 0.0451. The predicted molar refractivity (Wildman–Crippen MR) is 92.2 cm³/mol. The van der Waals surface area contributed by atoms with Gasteiger partial charge in [0.05, 0.1) is 11.1 Å². The van der Waals surface area contributed by atoms with Gasteiger partial charge in [-0.1, -0.05) is 33.6 Å². The molecule has 0 aliphatic heterocycles. The quantitative estimate of drug-likeness (QED) is 0.788. The number of aromatic nitrogens is 1. The van der Waals surface area contributed by atoms with Crippen molar-refractivity contribution in [3.05, 3.63) is 23.5 Å². The summed E-state index contributed by atoms with van der Waals surface area (Å²) in [7, 11) is 1.50. The van der Waals surface area contributed by atoms with E-state index in [-0.39, 0.29) is 11.6 Å². The number of nitrogens with zero attached hydrogens (tertiary/aromatic N) is 1. The van der Waals surface area contributed by atoms with Crippen molar-refractivity contribution in [2.75, 3.05) is 0 Å². The fraction of sp³-hybridized carbons (Fsp3) is 0.737. The van der Waals surface area contributed by atoms with Gasteiger partial charge in [-0.25, -0.2) is 0 Å². The molecule has 1 heterocycles. The van der Waals surface area contributed by atoms with E-state index >= 15 is 0 Å². The van der Waals surface area contributed by atoms with Crippen molar-refractivity contribution >= 4 is 5.91 Å². The summed E-state index contributed by atoms with van der Waals surface area (Å²) in [6.07, 6.45) is 2.77. The molecule has 1 amide bonds. The Morgan fingerprint density at radius 2 is 1.88 bits per heavy atom. The highest BCUT2D eigenvalue weighted by molar-refractivity contribution is 5.96. The lowest BCUT2D eigenvalue weighted by Gasteiger charge is -2.37. The molecule has 0 radical (unpaired) electrons. The summed E-state index contributed by atoms with van der Waals surface area (Å²) in [4.78, 5) is 12.6. The molecule has 1 aromatic heterocycles. The van der Waals surface area contributed by atoms with Gasteiger partial charge in [0.1, 0.15) is 0 Å². The molecule has 3 nitrogen and oxygen atoms in total. The highest BCUT2D eigenvalue weighted by atomic mass is 19.4. The minimum atomic E-state index is -4.52. The van der Waals surface area contributed by atoms with Crippen molar-refractivity contribution in [1.82, 2.24) is 9.88 Å². The van der Waals surface area contributed by atoms with Gasteiger partial charge < -0.3 is 9.88 Å². The van der Waals surface area contributed by atoms with E-state index in [0.717, 1.165) is 38.3 Å². The molecule has 142 valence electrons. The summed E-state index contributed by atoms with van der Waals surface area (Å²) in [6.45, 7) is 6.54. The molecule has 1 fully saturated rings. The van der Waals surface area contributed by atoms with Crippen LogP contribution in [0.1, 0.15) is 68.8 Å². The van der Waals surface area contributed by atoms with Crippen LogP contribution in [-0.4, -0.2) is 16.5 Å². The van der Waals surface area contributed by atoms with E-state index in [4.69, 9.17) is 0 Å². The number of halogens is 3. The number of hydrogen-bond acceptors (Lipinski definition) is 1. The number of alkyl halides is 3. The molecule has 0 aromatic carbocycles. The van der Waals surface area contributed by atoms with E-state index < -0.39 is 17.6 Å². The number of carbonyl (C=O) groups excluding carboxylic acids is 1. The molecule has 0 spiro atoms. The van der Waals surface area contributed by atoms with E-state index in [0.29, 0.717) is 17.8 Å². The first-order valence-corrected chi connectivity index (χ1v) is 9.13. The van der Waals surface area contributed by atoms with Crippen LogP contribution in [0.4, 0.5) is 13.2 Å². The molecule has 1 N–H and O–H groups in total. The second-order valence-electron chi connectivity index (χ2n) is 7.88. The van der Waals surface area contributed by atoms with Crippen molar-refractivity contribution in [1.29, 1.82) is 0 Å². The van der Waals surface area contributed by atoms with Gasteiger partial charge in [-0.2, -0.15) is 13.2 Å². The summed E-state index contributed by atoms with van der Waals surface area (Å²) < 4.78 is 40.8. The number of aryl methyl sites for hydroxylation is 1. The monoisotopic (exact) mass is 358 g/mol.